The van der Waals surface area contributed by atoms with Gasteiger partial charge in [-0.15, -0.1) is 0 Å². The molecule has 0 aliphatic heterocycles. The van der Waals surface area contributed by atoms with Gasteiger partial charge in [-0.2, -0.15) is 0 Å². The van der Waals surface area contributed by atoms with E-state index in [1.165, 1.54) is 25.1 Å². The zero-order valence-electron chi connectivity index (χ0n) is 13.4. The second kappa shape index (κ2) is 7.40. The standard InChI is InChI=1S/C18H18F2O4/c1-3-23-17(21)11-18(2,22)12-4-7-14(8-5-12)24-16-9-6-13(19)10-15(16)20/h4-10,22H,3,11H2,1-2H3. The van der Waals surface area contributed by atoms with Crippen molar-refractivity contribution in [2.24, 2.45) is 0 Å². The molecule has 2 rings (SSSR count). The number of carbonyl (C=O) groups is 1. The first kappa shape index (κ1) is 17.9. The second-order valence-corrected chi connectivity index (χ2v) is 5.46. The Kier molecular flexibility index (Phi) is 5.51. The van der Waals surface area contributed by atoms with Crippen molar-refractivity contribution in [1.82, 2.24) is 0 Å². The summed E-state index contributed by atoms with van der Waals surface area (Å²) < 4.78 is 36.6. The van der Waals surface area contributed by atoms with Crippen molar-refractivity contribution in [3.63, 3.8) is 0 Å². The minimum Gasteiger partial charge on any atom is -0.466 e. The van der Waals surface area contributed by atoms with Crippen molar-refractivity contribution in [1.29, 1.82) is 0 Å². The van der Waals surface area contributed by atoms with Crippen molar-refractivity contribution in [3.05, 3.63) is 59.7 Å². The molecule has 0 fully saturated rings. The fourth-order valence-electron chi connectivity index (χ4n) is 2.16. The van der Waals surface area contributed by atoms with Crippen LogP contribution in [0.4, 0.5) is 8.78 Å². The highest BCUT2D eigenvalue weighted by Gasteiger charge is 2.27. The lowest BCUT2D eigenvalue weighted by atomic mass is 9.92. The number of ether oxygens (including phenoxy) is 2. The normalized spacial score (nSPS) is 13.2. The van der Waals surface area contributed by atoms with Gasteiger partial charge in [-0.3, -0.25) is 4.79 Å². The number of aliphatic hydroxyl groups is 1. The van der Waals surface area contributed by atoms with Gasteiger partial charge in [0.2, 0.25) is 0 Å². The molecule has 2 aromatic carbocycles. The minimum absolute atomic E-state index is 0.109. The van der Waals surface area contributed by atoms with Crippen LogP contribution in [0.25, 0.3) is 0 Å². The summed E-state index contributed by atoms with van der Waals surface area (Å²) in [6.45, 7) is 3.43. The van der Waals surface area contributed by atoms with E-state index in [-0.39, 0.29) is 18.8 Å². The molecule has 0 spiro atoms. The molecule has 0 aliphatic carbocycles. The molecule has 24 heavy (non-hydrogen) atoms. The molecule has 0 amide bonds. The van der Waals surface area contributed by atoms with Gasteiger partial charge in [0.15, 0.2) is 11.6 Å². The molecule has 1 unspecified atom stereocenters. The smallest absolute Gasteiger partial charge is 0.309 e. The molecule has 128 valence electrons. The van der Waals surface area contributed by atoms with Gasteiger partial charge >= 0.3 is 5.97 Å². The molecule has 0 bridgehead atoms. The highest BCUT2D eigenvalue weighted by atomic mass is 19.1. The van der Waals surface area contributed by atoms with Crippen LogP contribution >= 0.6 is 0 Å². The molecule has 0 radical (unpaired) electrons. The fraction of sp³-hybridized carbons (Fsp3) is 0.278. The summed E-state index contributed by atoms with van der Waals surface area (Å²) >= 11 is 0. The maximum Gasteiger partial charge on any atom is 0.309 e. The Morgan fingerprint density at radius 3 is 2.42 bits per heavy atom. The topological polar surface area (TPSA) is 55.8 Å². The number of benzene rings is 2. The van der Waals surface area contributed by atoms with Crippen molar-refractivity contribution in [2.75, 3.05) is 6.61 Å². The summed E-state index contributed by atoms with van der Waals surface area (Å²) in [6, 6.07) is 9.20. The highest BCUT2D eigenvalue weighted by Crippen LogP contribution is 2.29. The molecular weight excluding hydrogens is 318 g/mol. The van der Waals surface area contributed by atoms with E-state index >= 15 is 0 Å². The Morgan fingerprint density at radius 2 is 1.83 bits per heavy atom. The molecule has 1 N–H and O–H groups in total. The zero-order chi connectivity index (χ0) is 17.7. The number of carbonyl (C=O) groups excluding carboxylic acids is 1. The summed E-state index contributed by atoms with van der Waals surface area (Å²) in [5.74, 6) is -1.80. The Labute approximate surface area is 138 Å². The Hall–Kier alpha value is -2.47. The average Bonchev–Trinajstić information content (AvgIpc) is 2.50. The molecule has 0 heterocycles. The average molecular weight is 336 g/mol. The first-order chi connectivity index (χ1) is 11.3. The third kappa shape index (κ3) is 4.52. The lowest BCUT2D eigenvalue weighted by Crippen LogP contribution is -2.26. The lowest BCUT2D eigenvalue weighted by Gasteiger charge is -2.23. The van der Waals surface area contributed by atoms with Crippen LogP contribution in [0.15, 0.2) is 42.5 Å². The number of hydrogen-bond donors (Lipinski definition) is 1. The summed E-state index contributed by atoms with van der Waals surface area (Å²) in [4.78, 5) is 11.5. The monoisotopic (exact) mass is 336 g/mol. The van der Waals surface area contributed by atoms with Gasteiger partial charge in [-0.1, -0.05) is 12.1 Å². The zero-order valence-corrected chi connectivity index (χ0v) is 13.4. The quantitative estimate of drug-likeness (QED) is 0.813. The molecule has 6 heteroatoms. The van der Waals surface area contributed by atoms with Crippen LogP contribution < -0.4 is 4.74 Å². The molecule has 0 aliphatic rings. The van der Waals surface area contributed by atoms with Crippen LogP contribution in [-0.4, -0.2) is 17.7 Å². The first-order valence-corrected chi connectivity index (χ1v) is 7.43. The van der Waals surface area contributed by atoms with Crippen molar-refractivity contribution < 1.29 is 28.2 Å². The maximum atomic E-state index is 13.6. The van der Waals surface area contributed by atoms with Crippen LogP contribution in [0.1, 0.15) is 25.8 Å². The van der Waals surface area contributed by atoms with Gasteiger partial charge in [0, 0.05) is 6.07 Å². The van der Waals surface area contributed by atoms with Crippen LogP contribution in [-0.2, 0) is 15.1 Å². The van der Waals surface area contributed by atoms with Crippen LogP contribution in [0, 0.1) is 11.6 Å². The molecular formula is C18H18F2O4. The molecule has 0 saturated carbocycles. The van der Waals surface area contributed by atoms with Crippen molar-refractivity contribution in [3.8, 4) is 11.5 Å². The highest BCUT2D eigenvalue weighted by molar-refractivity contribution is 5.71. The van der Waals surface area contributed by atoms with Crippen LogP contribution in [0.3, 0.4) is 0 Å². The largest absolute Gasteiger partial charge is 0.466 e. The minimum atomic E-state index is -1.40. The van der Waals surface area contributed by atoms with E-state index in [4.69, 9.17) is 9.47 Å². The Bertz CT molecular complexity index is 711. The molecule has 1 atom stereocenters. The predicted molar refractivity (Wildman–Crippen MR) is 83.7 cm³/mol. The Morgan fingerprint density at radius 1 is 1.17 bits per heavy atom. The van der Waals surface area contributed by atoms with Gasteiger partial charge < -0.3 is 14.6 Å². The van der Waals surface area contributed by atoms with E-state index in [1.54, 1.807) is 19.1 Å². The lowest BCUT2D eigenvalue weighted by molar-refractivity contribution is -0.148. The van der Waals surface area contributed by atoms with Gasteiger partial charge in [-0.05, 0) is 43.7 Å². The van der Waals surface area contributed by atoms with E-state index in [0.717, 1.165) is 12.1 Å². The summed E-state index contributed by atoms with van der Waals surface area (Å²) in [6.07, 6.45) is -0.187. The maximum absolute atomic E-state index is 13.6. The number of esters is 1. The fourth-order valence-corrected chi connectivity index (χ4v) is 2.16. The SMILES string of the molecule is CCOC(=O)CC(C)(O)c1ccc(Oc2ccc(F)cc2F)cc1. The molecule has 0 aromatic heterocycles. The first-order valence-electron chi connectivity index (χ1n) is 7.43. The van der Waals surface area contributed by atoms with Crippen LogP contribution in [0.2, 0.25) is 0 Å². The number of rotatable bonds is 6. The van der Waals surface area contributed by atoms with Crippen LogP contribution in [0.5, 0.6) is 11.5 Å². The van der Waals surface area contributed by atoms with E-state index in [0.29, 0.717) is 11.3 Å². The Balaban J connectivity index is 2.11. The molecule has 4 nitrogen and oxygen atoms in total. The van der Waals surface area contributed by atoms with E-state index in [9.17, 15) is 18.7 Å². The van der Waals surface area contributed by atoms with Gasteiger partial charge in [0.05, 0.1) is 18.6 Å². The number of hydrogen-bond acceptors (Lipinski definition) is 4. The molecule has 0 saturated heterocycles. The summed E-state index contributed by atoms with van der Waals surface area (Å²) in [7, 11) is 0. The number of halogens is 2. The summed E-state index contributed by atoms with van der Waals surface area (Å²) in [5, 5.41) is 10.4. The van der Waals surface area contributed by atoms with Crippen molar-refractivity contribution in [2.45, 2.75) is 25.9 Å². The van der Waals surface area contributed by atoms with Gasteiger partial charge in [0.25, 0.3) is 0 Å². The van der Waals surface area contributed by atoms with E-state index in [1.807, 2.05) is 0 Å². The van der Waals surface area contributed by atoms with Crippen molar-refractivity contribution >= 4 is 5.97 Å². The predicted octanol–water partition coefficient (Wildman–Crippen LogP) is 3.92. The van der Waals surface area contributed by atoms with E-state index < -0.39 is 23.2 Å². The van der Waals surface area contributed by atoms with Gasteiger partial charge in [-0.25, -0.2) is 8.78 Å². The molecule has 2 aromatic rings. The summed E-state index contributed by atoms with van der Waals surface area (Å²) in [5.41, 5.74) is -0.909. The van der Waals surface area contributed by atoms with E-state index in [2.05, 4.69) is 0 Å². The third-order valence-corrected chi connectivity index (χ3v) is 3.39. The van der Waals surface area contributed by atoms with Gasteiger partial charge in [0.1, 0.15) is 11.6 Å². The second-order valence-electron chi connectivity index (χ2n) is 5.46. The third-order valence-electron chi connectivity index (χ3n) is 3.39.